The van der Waals surface area contributed by atoms with E-state index >= 15 is 0 Å². The van der Waals surface area contributed by atoms with E-state index in [4.69, 9.17) is 4.74 Å². The van der Waals surface area contributed by atoms with Gasteiger partial charge in [0.25, 0.3) is 11.8 Å². The van der Waals surface area contributed by atoms with Gasteiger partial charge in [-0.2, -0.15) is 0 Å². The van der Waals surface area contributed by atoms with Crippen LogP contribution >= 0.6 is 15.9 Å². The van der Waals surface area contributed by atoms with Crippen molar-refractivity contribution < 1.29 is 14.3 Å². The molecule has 1 aliphatic heterocycles. The van der Waals surface area contributed by atoms with E-state index in [2.05, 4.69) is 21.2 Å². The molecule has 2 aromatic carbocycles. The summed E-state index contributed by atoms with van der Waals surface area (Å²) in [6.45, 7) is 3.35. The molecule has 1 saturated heterocycles. The quantitative estimate of drug-likeness (QED) is 0.720. The molecule has 148 valence electrons. The molecule has 6 heteroatoms. The minimum Gasteiger partial charge on any atom is -0.483 e. The molecule has 0 spiro atoms. The average Bonchev–Trinajstić information content (AvgIpc) is 2.97. The number of nitrogens with one attached hydrogen (secondary N) is 1. The number of anilines is 1. The molecule has 28 heavy (non-hydrogen) atoms. The smallest absolute Gasteiger partial charge is 0.262 e. The minimum atomic E-state index is -0.293. The molecule has 2 aromatic rings. The second kappa shape index (κ2) is 9.73. The molecular formula is C22H25BrN2O3. The van der Waals surface area contributed by atoms with E-state index in [0.717, 1.165) is 48.8 Å². The summed E-state index contributed by atoms with van der Waals surface area (Å²) in [6.07, 6.45) is 4.38. The average molecular weight is 445 g/mol. The number of ether oxygens (including phenoxy) is 1. The third-order valence-corrected chi connectivity index (χ3v) is 5.31. The van der Waals surface area contributed by atoms with Gasteiger partial charge in [-0.1, -0.05) is 40.9 Å². The first kappa shape index (κ1) is 20.4. The Morgan fingerprint density at radius 3 is 2.50 bits per heavy atom. The molecule has 0 atom stereocenters. The molecule has 5 nitrogen and oxygen atoms in total. The molecule has 3 rings (SSSR count). The van der Waals surface area contributed by atoms with E-state index in [1.807, 2.05) is 42.2 Å². The maximum atomic E-state index is 12.9. The molecular weight excluding hydrogens is 420 g/mol. The zero-order chi connectivity index (χ0) is 19.9. The van der Waals surface area contributed by atoms with Crippen molar-refractivity contribution in [1.29, 1.82) is 0 Å². The molecule has 0 radical (unpaired) electrons. The fourth-order valence-corrected chi connectivity index (χ4v) is 3.80. The van der Waals surface area contributed by atoms with Crippen molar-refractivity contribution in [1.82, 2.24) is 4.90 Å². The van der Waals surface area contributed by atoms with E-state index in [-0.39, 0.29) is 18.4 Å². The van der Waals surface area contributed by atoms with Crippen molar-refractivity contribution in [3.05, 3.63) is 58.1 Å². The number of hydrogen-bond donors (Lipinski definition) is 1. The molecule has 0 aromatic heterocycles. The maximum Gasteiger partial charge on any atom is 0.262 e. The topological polar surface area (TPSA) is 58.6 Å². The highest BCUT2D eigenvalue weighted by Gasteiger charge is 2.20. The van der Waals surface area contributed by atoms with Crippen LogP contribution in [0.3, 0.4) is 0 Å². The number of carbonyl (C=O) groups is 2. The molecule has 0 saturated carbocycles. The molecule has 0 aliphatic carbocycles. The lowest BCUT2D eigenvalue weighted by atomic mass is 10.1. The van der Waals surface area contributed by atoms with E-state index in [9.17, 15) is 9.59 Å². The number of aryl methyl sites for hydroxylation is 1. The summed E-state index contributed by atoms with van der Waals surface area (Å²) < 4.78 is 6.59. The monoisotopic (exact) mass is 444 g/mol. The first-order chi connectivity index (χ1) is 13.5. The SMILES string of the molecule is Cc1cc(Br)ccc1OCC(=O)Nc1ccccc1C(=O)N1CCCCCC1. The van der Waals surface area contributed by atoms with Crippen molar-refractivity contribution in [2.24, 2.45) is 0 Å². The Labute approximate surface area is 174 Å². The van der Waals surface area contributed by atoms with Crippen LogP contribution in [0.5, 0.6) is 5.75 Å². The lowest BCUT2D eigenvalue weighted by Gasteiger charge is -2.22. The summed E-state index contributed by atoms with van der Waals surface area (Å²) in [5, 5.41) is 2.83. The maximum absolute atomic E-state index is 12.9. The fourth-order valence-electron chi connectivity index (χ4n) is 3.33. The number of likely N-dealkylation sites (tertiary alicyclic amines) is 1. The Morgan fingerprint density at radius 2 is 1.79 bits per heavy atom. The summed E-state index contributed by atoms with van der Waals surface area (Å²) >= 11 is 3.41. The van der Waals surface area contributed by atoms with Crippen molar-refractivity contribution in [3.63, 3.8) is 0 Å². The van der Waals surface area contributed by atoms with Gasteiger partial charge in [0.1, 0.15) is 5.75 Å². The Morgan fingerprint density at radius 1 is 1.07 bits per heavy atom. The molecule has 1 aliphatic rings. The molecule has 1 N–H and O–H groups in total. The lowest BCUT2D eigenvalue weighted by Crippen LogP contribution is -2.33. The predicted octanol–water partition coefficient (Wildman–Crippen LogP) is 4.79. The largest absolute Gasteiger partial charge is 0.483 e. The van der Waals surface area contributed by atoms with Gasteiger partial charge in [-0.25, -0.2) is 0 Å². The van der Waals surface area contributed by atoms with Gasteiger partial charge in [0, 0.05) is 17.6 Å². The van der Waals surface area contributed by atoms with E-state index in [1.54, 1.807) is 12.1 Å². The van der Waals surface area contributed by atoms with Crippen LogP contribution in [0.1, 0.15) is 41.6 Å². The van der Waals surface area contributed by atoms with Crippen LogP contribution in [0.15, 0.2) is 46.9 Å². The molecule has 2 amide bonds. The van der Waals surface area contributed by atoms with E-state index < -0.39 is 0 Å². The zero-order valence-corrected chi connectivity index (χ0v) is 17.6. The number of nitrogens with zero attached hydrogens (tertiary/aromatic N) is 1. The molecule has 1 fully saturated rings. The third kappa shape index (κ3) is 5.35. The third-order valence-electron chi connectivity index (χ3n) is 4.82. The zero-order valence-electron chi connectivity index (χ0n) is 16.0. The number of halogens is 1. The van der Waals surface area contributed by atoms with Gasteiger partial charge in [-0.3, -0.25) is 9.59 Å². The molecule has 0 unspecified atom stereocenters. The van der Waals surface area contributed by atoms with Crippen LogP contribution in [-0.4, -0.2) is 36.4 Å². The Hall–Kier alpha value is -2.34. The fraction of sp³-hybridized carbons (Fsp3) is 0.364. The Balaban J connectivity index is 1.65. The highest BCUT2D eigenvalue weighted by molar-refractivity contribution is 9.10. The van der Waals surface area contributed by atoms with Crippen LogP contribution in [0, 0.1) is 6.92 Å². The van der Waals surface area contributed by atoms with Crippen molar-refractivity contribution in [2.75, 3.05) is 25.0 Å². The second-order valence-corrected chi connectivity index (χ2v) is 7.91. The second-order valence-electron chi connectivity index (χ2n) is 7.00. The number of hydrogen-bond acceptors (Lipinski definition) is 3. The van der Waals surface area contributed by atoms with Crippen molar-refractivity contribution in [3.8, 4) is 5.75 Å². The number of rotatable bonds is 5. The van der Waals surface area contributed by atoms with Crippen molar-refractivity contribution >= 4 is 33.4 Å². The van der Waals surface area contributed by atoms with Gasteiger partial charge in [0.05, 0.1) is 11.3 Å². The highest BCUT2D eigenvalue weighted by atomic mass is 79.9. The minimum absolute atomic E-state index is 0.0255. The van der Waals surface area contributed by atoms with Crippen LogP contribution in [0.2, 0.25) is 0 Å². The summed E-state index contributed by atoms with van der Waals surface area (Å²) in [6, 6.07) is 12.8. The number of carbonyl (C=O) groups excluding carboxylic acids is 2. The predicted molar refractivity (Wildman–Crippen MR) is 114 cm³/mol. The van der Waals surface area contributed by atoms with Crippen molar-refractivity contribution in [2.45, 2.75) is 32.6 Å². The highest BCUT2D eigenvalue weighted by Crippen LogP contribution is 2.23. The standard InChI is InChI=1S/C22H25BrN2O3/c1-16-14-17(23)10-11-20(16)28-15-21(26)24-19-9-5-4-8-18(19)22(27)25-12-6-2-3-7-13-25/h4-5,8-11,14H,2-3,6-7,12-13,15H2,1H3,(H,24,26). The van der Waals surface area contributed by atoms with Gasteiger partial charge in [-0.15, -0.1) is 0 Å². The Kier molecular flexibility index (Phi) is 7.09. The Bertz CT molecular complexity index is 845. The van der Waals surface area contributed by atoms with Crippen LogP contribution in [-0.2, 0) is 4.79 Å². The van der Waals surface area contributed by atoms with E-state index in [0.29, 0.717) is 17.0 Å². The summed E-state index contributed by atoms with van der Waals surface area (Å²) in [7, 11) is 0. The van der Waals surface area contributed by atoms with Gasteiger partial charge in [0.2, 0.25) is 0 Å². The first-order valence-corrected chi connectivity index (χ1v) is 10.4. The van der Waals surface area contributed by atoms with Gasteiger partial charge < -0.3 is 15.0 Å². The van der Waals surface area contributed by atoms with Crippen LogP contribution < -0.4 is 10.1 Å². The number of benzene rings is 2. The normalized spacial score (nSPS) is 14.3. The molecule has 1 heterocycles. The summed E-state index contributed by atoms with van der Waals surface area (Å²) in [5.74, 6) is 0.341. The lowest BCUT2D eigenvalue weighted by molar-refractivity contribution is -0.118. The van der Waals surface area contributed by atoms with Gasteiger partial charge in [-0.05, 0) is 55.7 Å². The first-order valence-electron chi connectivity index (χ1n) is 9.62. The molecule has 0 bridgehead atoms. The van der Waals surface area contributed by atoms with Gasteiger partial charge >= 0.3 is 0 Å². The van der Waals surface area contributed by atoms with E-state index in [1.165, 1.54) is 0 Å². The number of amides is 2. The van der Waals surface area contributed by atoms with Gasteiger partial charge in [0.15, 0.2) is 6.61 Å². The summed E-state index contributed by atoms with van der Waals surface area (Å²) in [5.41, 5.74) is 1.99. The van der Waals surface area contributed by atoms with Crippen LogP contribution in [0.25, 0.3) is 0 Å². The summed E-state index contributed by atoms with van der Waals surface area (Å²) in [4.78, 5) is 27.2. The van der Waals surface area contributed by atoms with Crippen LogP contribution in [0.4, 0.5) is 5.69 Å². The number of para-hydroxylation sites is 1.